The zero-order valence-corrected chi connectivity index (χ0v) is 18.0. The SMILES string of the molecule is Cc1ccccc1NC(=S)N(Cc1cc2ccc(C)c(C)c2nc1Cl)C1CC1. The Morgan fingerprint density at radius 2 is 1.89 bits per heavy atom. The number of nitrogens with one attached hydrogen (secondary N) is 1. The van der Waals surface area contributed by atoms with Gasteiger partial charge in [0.2, 0.25) is 0 Å². The number of para-hydroxylation sites is 1. The number of rotatable bonds is 4. The molecule has 5 heteroatoms. The average Bonchev–Trinajstić information content (AvgIpc) is 3.50. The summed E-state index contributed by atoms with van der Waals surface area (Å²) >= 11 is 12.3. The molecule has 1 fully saturated rings. The van der Waals surface area contributed by atoms with Crippen LogP contribution in [0.2, 0.25) is 5.15 Å². The molecule has 1 N–H and O–H groups in total. The maximum Gasteiger partial charge on any atom is 0.173 e. The fourth-order valence-corrected chi connectivity index (χ4v) is 3.97. The third kappa shape index (κ3) is 3.85. The van der Waals surface area contributed by atoms with E-state index in [0.29, 0.717) is 17.7 Å². The number of anilines is 1. The largest absolute Gasteiger partial charge is 0.342 e. The molecule has 144 valence electrons. The van der Waals surface area contributed by atoms with E-state index in [2.05, 4.69) is 61.3 Å². The number of aryl methyl sites for hydroxylation is 3. The van der Waals surface area contributed by atoms with Crippen molar-refractivity contribution in [1.82, 2.24) is 9.88 Å². The molecule has 0 saturated heterocycles. The maximum absolute atomic E-state index is 6.59. The Morgan fingerprint density at radius 3 is 2.61 bits per heavy atom. The second kappa shape index (κ2) is 7.69. The minimum Gasteiger partial charge on any atom is -0.342 e. The summed E-state index contributed by atoms with van der Waals surface area (Å²) < 4.78 is 0. The van der Waals surface area contributed by atoms with Crippen molar-refractivity contribution in [2.75, 3.05) is 5.32 Å². The predicted octanol–water partition coefficient (Wildman–Crippen LogP) is 6.17. The topological polar surface area (TPSA) is 28.2 Å². The van der Waals surface area contributed by atoms with E-state index in [1.54, 1.807) is 0 Å². The minimum absolute atomic E-state index is 0.468. The van der Waals surface area contributed by atoms with Gasteiger partial charge in [-0.1, -0.05) is 41.9 Å². The number of nitrogens with zero attached hydrogens (tertiary/aromatic N) is 2. The van der Waals surface area contributed by atoms with Gasteiger partial charge in [0.15, 0.2) is 5.11 Å². The molecule has 4 rings (SSSR count). The highest BCUT2D eigenvalue weighted by molar-refractivity contribution is 7.80. The summed E-state index contributed by atoms with van der Waals surface area (Å²) in [5.41, 5.74) is 6.63. The Labute approximate surface area is 176 Å². The number of fused-ring (bicyclic) bond motifs is 1. The van der Waals surface area contributed by atoms with Crippen molar-refractivity contribution < 1.29 is 0 Å². The third-order valence-corrected chi connectivity index (χ3v) is 6.18. The molecule has 1 aliphatic carbocycles. The van der Waals surface area contributed by atoms with E-state index in [1.165, 1.54) is 16.7 Å². The summed E-state index contributed by atoms with van der Waals surface area (Å²) in [5, 5.41) is 5.84. The van der Waals surface area contributed by atoms with Crippen molar-refractivity contribution in [2.45, 2.75) is 46.2 Å². The van der Waals surface area contributed by atoms with Gasteiger partial charge in [-0.3, -0.25) is 0 Å². The molecule has 0 atom stereocenters. The van der Waals surface area contributed by atoms with Crippen LogP contribution in [0.25, 0.3) is 10.9 Å². The fourth-order valence-electron chi connectivity index (χ4n) is 3.45. The lowest BCUT2D eigenvalue weighted by Gasteiger charge is -2.27. The molecule has 1 aromatic heterocycles. The molecule has 1 saturated carbocycles. The summed E-state index contributed by atoms with van der Waals surface area (Å²) in [7, 11) is 0. The van der Waals surface area contributed by atoms with Crippen molar-refractivity contribution in [3.05, 3.63) is 69.9 Å². The van der Waals surface area contributed by atoms with E-state index in [4.69, 9.17) is 28.8 Å². The second-order valence-corrected chi connectivity index (χ2v) is 8.37. The van der Waals surface area contributed by atoms with Crippen LogP contribution in [0.15, 0.2) is 42.5 Å². The third-order valence-electron chi connectivity index (χ3n) is 5.51. The highest BCUT2D eigenvalue weighted by Crippen LogP contribution is 2.32. The number of halogens is 1. The highest BCUT2D eigenvalue weighted by atomic mass is 35.5. The number of benzene rings is 2. The molecule has 0 bridgehead atoms. The summed E-state index contributed by atoms with van der Waals surface area (Å²) in [5.74, 6) is 0. The Balaban J connectivity index is 1.62. The second-order valence-electron chi connectivity index (χ2n) is 7.62. The fraction of sp³-hybridized carbons (Fsp3) is 0.304. The molecule has 0 aliphatic heterocycles. The van der Waals surface area contributed by atoms with Crippen LogP contribution in [-0.2, 0) is 6.54 Å². The van der Waals surface area contributed by atoms with Gasteiger partial charge >= 0.3 is 0 Å². The molecule has 28 heavy (non-hydrogen) atoms. The standard InChI is InChI=1S/C23H24ClN3S/c1-14-8-9-17-12-18(22(24)26-21(17)16(14)3)13-27(19-10-11-19)23(28)25-20-7-5-4-6-15(20)2/h4-9,12,19H,10-11,13H2,1-3H3,(H,25,28). The van der Waals surface area contributed by atoms with Crippen molar-refractivity contribution in [2.24, 2.45) is 0 Å². The molecule has 0 amide bonds. The van der Waals surface area contributed by atoms with Gasteiger partial charge in [-0.05, 0) is 74.7 Å². The number of pyridine rings is 1. The Hall–Kier alpha value is -2.17. The molecular formula is C23H24ClN3S. The highest BCUT2D eigenvalue weighted by Gasteiger charge is 2.31. The van der Waals surface area contributed by atoms with E-state index in [1.807, 2.05) is 12.1 Å². The zero-order chi connectivity index (χ0) is 19.8. The van der Waals surface area contributed by atoms with Crippen LogP contribution < -0.4 is 5.32 Å². The van der Waals surface area contributed by atoms with E-state index in [9.17, 15) is 0 Å². The first-order chi connectivity index (χ1) is 13.4. The van der Waals surface area contributed by atoms with Gasteiger partial charge in [-0.15, -0.1) is 0 Å². The van der Waals surface area contributed by atoms with Gasteiger partial charge in [0.05, 0.1) is 5.52 Å². The van der Waals surface area contributed by atoms with E-state index in [0.717, 1.165) is 40.1 Å². The number of hydrogen-bond donors (Lipinski definition) is 1. The van der Waals surface area contributed by atoms with Crippen LogP contribution in [0.4, 0.5) is 5.69 Å². The smallest absolute Gasteiger partial charge is 0.173 e. The van der Waals surface area contributed by atoms with Crippen LogP contribution >= 0.6 is 23.8 Å². The summed E-state index contributed by atoms with van der Waals surface area (Å²) in [6.07, 6.45) is 2.32. The molecule has 0 spiro atoms. The molecule has 2 aromatic carbocycles. The minimum atomic E-state index is 0.468. The van der Waals surface area contributed by atoms with Crippen LogP contribution in [-0.4, -0.2) is 21.0 Å². The molecule has 1 aliphatic rings. The lowest BCUT2D eigenvalue weighted by molar-refractivity contribution is 0.409. The Bertz CT molecular complexity index is 1060. The van der Waals surface area contributed by atoms with Crippen molar-refractivity contribution in [1.29, 1.82) is 0 Å². The molecule has 0 radical (unpaired) electrons. The van der Waals surface area contributed by atoms with Crippen LogP contribution in [0, 0.1) is 20.8 Å². The molecule has 3 nitrogen and oxygen atoms in total. The van der Waals surface area contributed by atoms with Crippen molar-refractivity contribution in [3.63, 3.8) is 0 Å². The zero-order valence-electron chi connectivity index (χ0n) is 16.4. The van der Waals surface area contributed by atoms with E-state index in [-0.39, 0.29) is 0 Å². The average molecular weight is 410 g/mol. The first kappa shape index (κ1) is 19.2. The summed E-state index contributed by atoms with van der Waals surface area (Å²) in [6, 6.07) is 15.1. The first-order valence-electron chi connectivity index (χ1n) is 9.62. The van der Waals surface area contributed by atoms with Gasteiger partial charge in [0, 0.05) is 29.2 Å². The maximum atomic E-state index is 6.59. The van der Waals surface area contributed by atoms with Gasteiger partial charge in [-0.2, -0.15) is 0 Å². The van der Waals surface area contributed by atoms with Gasteiger partial charge in [-0.25, -0.2) is 4.98 Å². The van der Waals surface area contributed by atoms with Crippen LogP contribution in [0.1, 0.15) is 35.1 Å². The predicted molar refractivity (Wildman–Crippen MR) is 122 cm³/mol. The number of hydrogen-bond acceptors (Lipinski definition) is 2. The molecular weight excluding hydrogens is 386 g/mol. The Morgan fingerprint density at radius 1 is 1.14 bits per heavy atom. The quantitative estimate of drug-likeness (QED) is 0.411. The van der Waals surface area contributed by atoms with Gasteiger partial charge in [0.25, 0.3) is 0 Å². The van der Waals surface area contributed by atoms with Crippen molar-refractivity contribution in [3.8, 4) is 0 Å². The van der Waals surface area contributed by atoms with Crippen LogP contribution in [0.3, 0.4) is 0 Å². The number of thiocarbonyl (C=S) groups is 1. The molecule has 3 aromatic rings. The molecule has 0 unspecified atom stereocenters. The van der Waals surface area contributed by atoms with E-state index < -0.39 is 0 Å². The normalized spacial score (nSPS) is 13.6. The first-order valence-corrected chi connectivity index (χ1v) is 10.4. The van der Waals surface area contributed by atoms with Crippen LogP contribution in [0.5, 0.6) is 0 Å². The lowest BCUT2D eigenvalue weighted by Crippen LogP contribution is -2.36. The number of aromatic nitrogens is 1. The summed E-state index contributed by atoms with van der Waals surface area (Å²) in [4.78, 5) is 6.95. The lowest BCUT2D eigenvalue weighted by atomic mass is 10.0. The van der Waals surface area contributed by atoms with E-state index >= 15 is 0 Å². The Kier molecular flexibility index (Phi) is 5.26. The molecule has 1 heterocycles. The van der Waals surface area contributed by atoms with Gasteiger partial charge in [0.1, 0.15) is 5.15 Å². The summed E-state index contributed by atoms with van der Waals surface area (Å²) in [6.45, 7) is 6.94. The van der Waals surface area contributed by atoms with Gasteiger partial charge < -0.3 is 10.2 Å². The van der Waals surface area contributed by atoms with Crippen molar-refractivity contribution >= 4 is 45.5 Å². The monoisotopic (exact) mass is 409 g/mol.